The van der Waals surface area contributed by atoms with Crippen molar-refractivity contribution in [1.29, 1.82) is 0 Å². The maximum Gasteiger partial charge on any atom is 0.179 e. The van der Waals surface area contributed by atoms with Gasteiger partial charge in [0.1, 0.15) is 0 Å². The zero-order chi connectivity index (χ0) is 17.1. The average molecular weight is 343 g/mol. The van der Waals surface area contributed by atoms with E-state index < -0.39 is 0 Å². The van der Waals surface area contributed by atoms with Gasteiger partial charge in [-0.05, 0) is 56.7 Å². The Morgan fingerprint density at radius 1 is 1.17 bits per heavy atom. The number of benzene rings is 1. The molecule has 0 aromatic heterocycles. The molecule has 0 aliphatic heterocycles. The number of ether oxygens (including phenoxy) is 2. The first-order valence-corrected chi connectivity index (χ1v) is 8.96. The first-order chi connectivity index (χ1) is 11.2. The van der Waals surface area contributed by atoms with Gasteiger partial charge in [0, 0.05) is 6.54 Å². The lowest BCUT2D eigenvalue weighted by Gasteiger charge is -2.18. The Labute approximate surface area is 146 Å². The fraction of sp³-hybridized carbons (Fsp3) is 0.667. The normalized spacial score (nSPS) is 11.0. The van der Waals surface area contributed by atoms with E-state index in [1.165, 1.54) is 0 Å². The van der Waals surface area contributed by atoms with Crippen LogP contribution in [0.1, 0.15) is 39.2 Å². The monoisotopic (exact) mass is 342 g/mol. The Morgan fingerprint density at radius 3 is 2.52 bits per heavy atom. The first-order valence-electron chi connectivity index (χ1n) is 8.58. The minimum absolute atomic E-state index is 0.609. The lowest BCUT2D eigenvalue weighted by molar-refractivity contribution is 0.294. The van der Waals surface area contributed by atoms with Crippen molar-refractivity contribution in [2.24, 2.45) is 0 Å². The smallest absolute Gasteiger partial charge is 0.179 e. The van der Waals surface area contributed by atoms with Crippen molar-refractivity contribution in [3.05, 3.63) is 22.7 Å². The molecule has 0 fully saturated rings. The maximum atomic E-state index is 6.33. The Balaban J connectivity index is 2.49. The van der Waals surface area contributed by atoms with Crippen LogP contribution in [0.3, 0.4) is 0 Å². The van der Waals surface area contributed by atoms with E-state index in [2.05, 4.69) is 31.0 Å². The van der Waals surface area contributed by atoms with Gasteiger partial charge in [0.05, 0.1) is 18.7 Å². The molecular weight excluding hydrogens is 312 g/mol. The second-order valence-corrected chi connectivity index (χ2v) is 5.92. The fourth-order valence-electron chi connectivity index (χ4n) is 2.42. The summed E-state index contributed by atoms with van der Waals surface area (Å²) in [5, 5.41) is 4.07. The summed E-state index contributed by atoms with van der Waals surface area (Å²) in [6.07, 6.45) is 2.08. The zero-order valence-electron chi connectivity index (χ0n) is 15.0. The van der Waals surface area contributed by atoms with Gasteiger partial charge in [-0.1, -0.05) is 32.4 Å². The Bertz CT molecular complexity index is 451. The van der Waals surface area contributed by atoms with Gasteiger partial charge in [0.15, 0.2) is 11.5 Å². The van der Waals surface area contributed by atoms with Gasteiger partial charge in [-0.2, -0.15) is 0 Å². The van der Waals surface area contributed by atoms with E-state index in [9.17, 15) is 0 Å². The quantitative estimate of drug-likeness (QED) is 0.583. The van der Waals surface area contributed by atoms with Crippen LogP contribution in [0, 0.1) is 0 Å². The van der Waals surface area contributed by atoms with Crippen LogP contribution < -0.4 is 14.8 Å². The van der Waals surface area contributed by atoms with E-state index in [1.807, 2.05) is 12.1 Å². The van der Waals surface area contributed by atoms with Gasteiger partial charge >= 0.3 is 0 Å². The maximum absolute atomic E-state index is 6.33. The zero-order valence-corrected chi connectivity index (χ0v) is 15.7. The lowest BCUT2D eigenvalue weighted by atomic mass is 10.2. The van der Waals surface area contributed by atoms with Crippen molar-refractivity contribution < 1.29 is 9.47 Å². The highest BCUT2D eigenvalue weighted by atomic mass is 35.5. The van der Waals surface area contributed by atoms with Gasteiger partial charge in [0.2, 0.25) is 0 Å². The van der Waals surface area contributed by atoms with Crippen molar-refractivity contribution >= 4 is 11.6 Å². The Hall–Kier alpha value is -0.970. The predicted molar refractivity (Wildman–Crippen MR) is 97.9 cm³/mol. The van der Waals surface area contributed by atoms with Crippen LogP contribution in [0.5, 0.6) is 11.5 Å². The molecular formula is C18H31ClN2O2. The van der Waals surface area contributed by atoms with Crippen LogP contribution in [0.4, 0.5) is 0 Å². The molecule has 1 rings (SSSR count). The molecule has 0 bridgehead atoms. The Morgan fingerprint density at radius 2 is 1.91 bits per heavy atom. The number of rotatable bonds is 12. The van der Waals surface area contributed by atoms with Crippen molar-refractivity contribution in [3.63, 3.8) is 0 Å². The van der Waals surface area contributed by atoms with Crippen LogP contribution in [0.15, 0.2) is 12.1 Å². The minimum atomic E-state index is 0.609. The molecule has 1 aromatic carbocycles. The van der Waals surface area contributed by atoms with Crippen LogP contribution in [-0.4, -0.2) is 44.8 Å². The SMILES string of the molecule is CCCOc1c(Cl)cc(CNCCCN(CC)CC)cc1OC. The molecule has 5 heteroatoms. The number of hydrogen-bond donors (Lipinski definition) is 1. The molecule has 0 spiro atoms. The number of methoxy groups -OCH3 is 1. The van der Waals surface area contributed by atoms with Crippen molar-refractivity contribution in [2.45, 2.75) is 40.2 Å². The highest BCUT2D eigenvalue weighted by Crippen LogP contribution is 2.36. The third kappa shape index (κ3) is 6.98. The molecule has 4 nitrogen and oxygen atoms in total. The predicted octanol–water partition coefficient (Wildman–Crippen LogP) is 3.96. The van der Waals surface area contributed by atoms with Gasteiger partial charge in [0.25, 0.3) is 0 Å². The summed E-state index contributed by atoms with van der Waals surface area (Å²) in [7, 11) is 1.64. The van der Waals surface area contributed by atoms with Crippen LogP contribution in [-0.2, 0) is 6.54 Å². The molecule has 0 aliphatic rings. The molecule has 0 saturated heterocycles. The summed E-state index contributed by atoms with van der Waals surface area (Å²) >= 11 is 6.33. The van der Waals surface area contributed by atoms with Crippen molar-refractivity contribution in [3.8, 4) is 11.5 Å². The van der Waals surface area contributed by atoms with E-state index in [1.54, 1.807) is 7.11 Å². The van der Waals surface area contributed by atoms with E-state index in [-0.39, 0.29) is 0 Å². The van der Waals surface area contributed by atoms with E-state index >= 15 is 0 Å². The molecule has 0 atom stereocenters. The summed E-state index contributed by atoms with van der Waals surface area (Å²) in [4.78, 5) is 2.43. The van der Waals surface area contributed by atoms with Crippen molar-refractivity contribution in [2.75, 3.05) is 39.9 Å². The standard InChI is InChI=1S/C18H31ClN2O2/c1-5-11-23-18-16(19)12-15(13-17(18)22-4)14-20-9-8-10-21(6-2)7-3/h12-13,20H,5-11,14H2,1-4H3. The largest absolute Gasteiger partial charge is 0.493 e. The summed E-state index contributed by atoms with van der Waals surface area (Å²) < 4.78 is 11.1. The summed E-state index contributed by atoms with van der Waals surface area (Å²) in [6, 6.07) is 3.95. The molecule has 0 amide bonds. The van der Waals surface area contributed by atoms with E-state index in [0.29, 0.717) is 23.1 Å². The van der Waals surface area contributed by atoms with Crippen molar-refractivity contribution in [1.82, 2.24) is 10.2 Å². The Kier molecular flexibility index (Phi) is 10.1. The summed E-state index contributed by atoms with van der Waals surface area (Å²) in [5.41, 5.74) is 1.11. The minimum Gasteiger partial charge on any atom is -0.493 e. The molecule has 23 heavy (non-hydrogen) atoms. The number of nitrogens with zero attached hydrogens (tertiary/aromatic N) is 1. The first kappa shape index (κ1) is 20.1. The number of halogens is 1. The third-order valence-electron chi connectivity index (χ3n) is 3.79. The fourth-order valence-corrected chi connectivity index (χ4v) is 2.71. The molecule has 1 aromatic rings. The third-order valence-corrected chi connectivity index (χ3v) is 4.07. The summed E-state index contributed by atoms with van der Waals surface area (Å²) in [6.45, 7) is 12.2. The van der Waals surface area contributed by atoms with Crippen LogP contribution in [0.2, 0.25) is 5.02 Å². The second-order valence-electron chi connectivity index (χ2n) is 5.51. The number of hydrogen-bond acceptors (Lipinski definition) is 4. The highest BCUT2D eigenvalue weighted by Gasteiger charge is 2.11. The van der Waals surface area contributed by atoms with Gasteiger partial charge < -0.3 is 19.7 Å². The molecule has 132 valence electrons. The molecule has 1 N–H and O–H groups in total. The van der Waals surface area contributed by atoms with Crippen LogP contribution in [0.25, 0.3) is 0 Å². The molecule has 0 unspecified atom stereocenters. The lowest BCUT2D eigenvalue weighted by Crippen LogP contribution is -2.27. The van der Waals surface area contributed by atoms with Gasteiger partial charge in [-0.3, -0.25) is 0 Å². The van der Waals surface area contributed by atoms with Crippen LogP contribution >= 0.6 is 11.6 Å². The molecule has 0 aliphatic carbocycles. The highest BCUT2D eigenvalue weighted by molar-refractivity contribution is 6.32. The topological polar surface area (TPSA) is 33.7 Å². The van der Waals surface area contributed by atoms with E-state index in [4.69, 9.17) is 21.1 Å². The summed E-state index contributed by atoms with van der Waals surface area (Å²) in [5.74, 6) is 1.34. The molecule has 0 heterocycles. The van der Waals surface area contributed by atoms with Gasteiger partial charge in [-0.25, -0.2) is 0 Å². The molecule has 0 radical (unpaired) electrons. The van der Waals surface area contributed by atoms with E-state index in [0.717, 1.165) is 51.1 Å². The van der Waals surface area contributed by atoms with Gasteiger partial charge in [-0.15, -0.1) is 0 Å². The molecule has 0 saturated carbocycles. The second kappa shape index (κ2) is 11.5. The number of nitrogens with one attached hydrogen (secondary N) is 1. The average Bonchev–Trinajstić information content (AvgIpc) is 2.56.